The average molecular weight is 415 g/mol. The van der Waals surface area contributed by atoms with Crippen molar-refractivity contribution in [2.45, 2.75) is 31.2 Å². The number of carboxylic acids is 1. The molecule has 0 saturated carbocycles. The Labute approximate surface area is 204 Å². The number of hydrogen-bond donors (Lipinski definition) is 2. The predicted molar refractivity (Wildman–Crippen MR) is 93.1 cm³/mol. The van der Waals surface area contributed by atoms with Crippen molar-refractivity contribution in [1.29, 1.82) is 0 Å². The summed E-state index contributed by atoms with van der Waals surface area (Å²) in [4.78, 5) is 27.1. The Kier molecular flexibility index (Phi) is 11.4. The first-order valence-corrected chi connectivity index (χ1v) is 8.44. The van der Waals surface area contributed by atoms with Crippen LogP contribution in [0.3, 0.4) is 0 Å². The summed E-state index contributed by atoms with van der Waals surface area (Å²) in [5, 5.41) is 15.8. The van der Waals surface area contributed by atoms with Crippen molar-refractivity contribution in [1.82, 2.24) is 15.6 Å². The first-order valence-electron chi connectivity index (χ1n) is 8.44. The Morgan fingerprint density at radius 1 is 1.07 bits per heavy atom. The fourth-order valence-electron chi connectivity index (χ4n) is 2.57. The summed E-state index contributed by atoms with van der Waals surface area (Å²) in [6.45, 7) is -0.322. The molecule has 6 nitrogen and oxygen atoms in total. The third-order valence-corrected chi connectivity index (χ3v) is 4.08. The largest absolute Gasteiger partial charge is 1.00 e. The van der Waals surface area contributed by atoms with E-state index in [4.69, 9.17) is 0 Å². The second-order valence-electron chi connectivity index (χ2n) is 5.97. The van der Waals surface area contributed by atoms with Crippen LogP contribution in [0.25, 0.3) is 0 Å². The van der Waals surface area contributed by atoms with Crippen molar-refractivity contribution >= 4 is 12.0 Å². The molecule has 144 valence electrons. The zero-order valence-corrected chi connectivity index (χ0v) is 18.6. The van der Waals surface area contributed by atoms with Gasteiger partial charge in [0.1, 0.15) is 0 Å². The SMILES string of the molecule is O=C(NCC(c1ccccc1)C(F)F)NC(CCc1ccncc1)C(=O)[O-].[K+]. The monoisotopic (exact) mass is 415 g/mol. The van der Waals surface area contributed by atoms with E-state index >= 15 is 0 Å². The number of urea groups is 1. The Hall–Kier alpha value is -1.39. The van der Waals surface area contributed by atoms with Crippen LogP contribution in [0.2, 0.25) is 0 Å². The normalized spacial score (nSPS) is 12.5. The Morgan fingerprint density at radius 3 is 2.29 bits per heavy atom. The van der Waals surface area contributed by atoms with Crippen molar-refractivity contribution in [2.24, 2.45) is 0 Å². The molecule has 1 aromatic heterocycles. The Morgan fingerprint density at radius 2 is 1.71 bits per heavy atom. The summed E-state index contributed by atoms with van der Waals surface area (Å²) in [7, 11) is 0. The van der Waals surface area contributed by atoms with Crippen molar-refractivity contribution in [3.05, 3.63) is 66.0 Å². The minimum atomic E-state index is -2.67. The zero-order chi connectivity index (χ0) is 19.6. The van der Waals surface area contributed by atoms with E-state index in [1.165, 1.54) is 0 Å². The van der Waals surface area contributed by atoms with Gasteiger partial charge >= 0.3 is 57.4 Å². The molecule has 9 heteroatoms. The van der Waals surface area contributed by atoms with Gasteiger partial charge in [0.15, 0.2) is 0 Å². The molecule has 2 rings (SSSR count). The van der Waals surface area contributed by atoms with Crippen LogP contribution in [0.4, 0.5) is 13.6 Å². The number of alkyl halides is 2. The number of hydrogen-bond acceptors (Lipinski definition) is 4. The standard InChI is InChI=1S/C19H21F2N3O3.K/c20-17(21)15(14-4-2-1-3-5-14)12-23-19(27)24-16(18(25)26)7-6-13-8-10-22-11-9-13;/h1-5,8-11,15-17H,6-7,12H2,(H,25,26)(H2,23,24,27);/q;+1/p-1. The van der Waals surface area contributed by atoms with Gasteiger partial charge in [-0.05, 0) is 36.1 Å². The summed E-state index contributed by atoms with van der Waals surface area (Å²) >= 11 is 0. The first-order chi connectivity index (χ1) is 13.0. The number of halogens is 2. The van der Waals surface area contributed by atoms with Gasteiger partial charge in [0.05, 0.1) is 17.9 Å². The summed E-state index contributed by atoms with van der Waals surface area (Å²) in [6.07, 6.45) is 0.994. The van der Waals surface area contributed by atoms with Crippen LogP contribution in [-0.4, -0.2) is 36.0 Å². The van der Waals surface area contributed by atoms with Gasteiger partial charge in [-0.3, -0.25) is 4.98 Å². The van der Waals surface area contributed by atoms with Gasteiger partial charge in [-0.15, -0.1) is 0 Å². The topological polar surface area (TPSA) is 94.2 Å². The van der Waals surface area contributed by atoms with Gasteiger partial charge in [0.25, 0.3) is 0 Å². The second-order valence-corrected chi connectivity index (χ2v) is 5.97. The van der Waals surface area contributed by atoms with Crippen molar-refractivity contribution in [3.63, 3.8) is 0 Å². The molecule has 28 heavy (non-hydrogen) atoms. The summed E-state index contributed by atoms with van der Waals surface area (Å²) in [5.41, 5.74) is 1.25. The van der Waals surface area contributed by atoms with Crippen LogP contribution < -0.4 is 67.1 Å². The van der Waals surface area contributed by atoms with Gasteiger partial charge < -0.3 is 20.5 Å². The van der Waals surface area contributed by atoms with Gasteiger partial charge in [-0.2, -0.15) is 0 Å². The molecule has 0 saturated heterocycles. The van der Waals surface area contributed by atoms with E-state index in [1.807, 2.05) is 0 Å². The van der Waals surface area contributed by atoms with E-state index in [0.717, 1.165) is 5.56 Å². The fourth-order valence-corrected chi connectivity index (χ4v) is 2.57. The molecule has 2 unspecified atom stereocenters. The molecular weight excluding hydrogens is 395 g/mol. The number of carboxylic acid groups (broad SMARTS) is 1. The predicted octanol–water partition coefficient (Wildman–Crippen LogP) is -1.52. The van der Waals surface area contributed by atoms with Gasteiger partial charge in [0, 0.05) is 18.9 Å². The average Bonchev–Trinajstić information content (AvgIpc) is 2.66. The minimum Gasteiger partial charge on any atom is -0.548 e. The van der Waals surface area contributed by atoms with E-state index < -0.39 is 30.4 Å². The molecular formula is C19H20F2KN3O3. The number of carbonyl (C=O) groups is 2. The number of nitrogens with zero attached hydrogens (tertiary/aromatic N) is 1. The van der Waals surface area contributed by atoms with Crippen molar-refractivity contribution in [2.75, 3.05) is 6.54 Å². The molecule has 2 amide bonds. The number of amides is 2. The number of pyridine rings is 1. The number of rotatable bonds is 9. The summed E-state index contributed by atoms with van der Waals surface area (Å²) in [5.74, 6) is -2.62. The smallest absolute Gasteiger partial charge is 0.548 e. The van der Waals surface area contributed by atoms with E-state index in [-0.39, 0.29) is 64.4 Å². The van der Waals surface area contributed by atoms with Gasteiger partial charge in [-0.1, -0.05) is 30.3 Å². The van der Waals surface area contributed by atoms with Crippen LogP contribution >= 0.6 is 0 Å². The summed E-state index contributed by atoms with van der Waals surface area (Å²) in [6, 6.07) is 9.48. The molecule has 0 spiro atoms. The number of nitrogens with one attached hydrogen (secondary N) is 2. The molecule has 2 aromatic rings. The molecule has 2 N–H and O–H groups in total. The van der Waals surface area contributed by atoms with Crippen LogP contribution in [0.1, 0.15) is 23.5 Å². The van der Waals surface area contributed by atoms with Crippen molar-refractivity contribution < 1.29 is 74.9 Å². The number of aryl methyl sites for hydroxylation is 1. The maximum absolute atomic E-state index is 13.3. The number of carbonyl (C=O) groups excluding carboxylic acids is 2. The summed E-state index contributed by atoms with van der Waals surface area (Å²) < 4.78 is 26.5. The third-order valence-electron chi connectivity index (χ3n) is 4.08. The molecule has 0 fully saturated rings. The minimum absolute atomic E-state index is 0. The number of aliphatic carboxylic acids is 1. The van der Waals surface area contributed by atoms with Gasteiger partial charge in [-0.25, -0.2) is 13.6 Å². The molecule has 0 aliphatic rings. The fraction of sp³-hybridized carbons (Fsp3) is 0.316. The molecule has 1 aromatic carbocycles. The van der Waals surface area contributed by atoms with Crippen LogP contribution in [-0.2, 0) is 11.2 Å². The molecule has 2 atom stereocenters. The van der Waals surface area contributed by atoms with E-state index in [2.05, 4.69) is 15.6 Å². The molecule has 0 bridgehead atoms. The van der Waals surface area contributed by atoms with E-state index in [0.29, 0.717) is 12.0 Å². The van der Waals surface area contributed by atoms with Crippen LogP contribution in [0.5, 0.6) is 0 Å². The quantitative estimate of drug-likeness (QED) is 0.487. The molecule has 1 heterocycles. The third kappa shape index (κ3) is 8.32. The van der Waals surface area contributed by atoms with Crippen LogP contribution in [0, 0.1) is 0 Å². The van der Waals surface area contributed by atoms with Crippen LogP contribution in [0.15, 0.2) is 54.9 Å². The molecule has 0 aliphatic carbocycles. The number of benzene rings is 1. The molecule has 0 aliphatic heterocycles. The van der Waals surface area contributed by atoms with Crippen molar-refractivity contribution in [3.8, 4) is 0 Å². The second kappa shape index (κ2) is 12.9. The van der Waals surface area contributed by atoms with E-state index in [9.17, 15) is 23.5 Å². The Bertz CT molecular complexity index is 736. The van der Waals surface area contributed by atoms with E-state index in [1.54, 1.807) is 54.9 Å². The number of aromatic nitrogens is 1. The molecule has 0 radical (unpaired) electrons. The Balaban J connectivity index is 0.00000392. The first kappa shape index (κ1) is 24.6. The van der Waals surface area contributed by atoms with Gasteiger partial charge in [0.2, 0.25) is 6.43 Å². The maximum atomic E-state index is 13.3. The maximum Gasteiger partial charge on any atom is 1.00 e. The zero-order valence-electron chi connectivity index (χ0n) is 15.5.